The first-order valence-corrected chi connectivity index (χ1v) is 16.6. The zero-order chi connectivity index (χ0) is 24.9. The minimum absolute atomic E-state index is 0.0928. The van der Waals surface area contributed by atoms with E-state index in [0.29, 0.717) is 5.92 Å². The molecular weight excluding hydrogens is 448 g/mol. The molecule has 3 heterocycles. The van der Waals surface area contributed by atoms with E-state index >= 15 is 0 Å². The highest BCUT2D eigenvalue weighted by Crippen LogP contribution is 2.78. The molecule has 5 rings (SSSR count). The zero-order valence-corrected chi connectivity index (χ0v) is 22.5. The first kappa shape index (κ1) is 26.0. The van der Waals surface area contributed by atoms with Gasteiger partial charge in [0.15, 0.2) is 0 Å². The molecule has 0 aromatic heterocycles. The summed E-state index contributed by atoms with van der Waals surface area (Å²) >= 11 is 0. The van der Waals surface area contributed by atoms with E-state index in [-0.39, 0.29) is 5.41 Å². The second kappa shape index (κ2) is 10.5. The van der Waals surface area contributed by atoms with Gasteiger partial charge in [-0.1, -0.05) is 105 Å². The number of hydrogen-bond donors (Lipinski definition) is 2. The van der Waals surface area contributed by atoms with Crippen molar-refractivity contribution < 1.29 is 9.84 Å². The topological polar surface area (TPSA) is 29.5 Å². The van der Waals surface area contributed by atoms with E-state index < -0.39 is 14.8 Å². The molecule has 1 unspecified atom stereocenters. The van der Waals surface area contributed by atoms with Crippen molar-refractivity contribution in [1.29, 1.82) is 0 Å². The smallest absolute Gasteiger partial charge is 0.120 e. The minimum atomic E-state index is -1.79. The highest BCUT2D eigenvalue weighted by molar-refractivity contribution is 8.49. The maximum absolute atomic E-state index is 12.6. The zero-order valence-electron chi connectivity index (χ0n) is 21.6. The molecule has 0 aliphatic carbocycles. The van der Waals surface area contributed by atoms with Crippen LogP contribution in [0.15, 0.2) is 97.6 Å². The van der Waals surface area contributed by atoms with Crippen molar-refractivity contribution in [3.05, 3.63) is 109 Å². The lowest BCUT2D eigenvalue weighted by Crippen LogP contribution is -2.58. The lowest BCUT2D eigenvalue weighted by atomic mass is 9.60. The summed E-state index contributed by atoms with van der Waals surface area (Å²) in [5.74, 6) is 5.47. The van der Waals surface area contributed by atoms with Crippen LogP contribution in [0.2, 0.25) is 0 Å². The molecule has 2 nitrogen and oxygen atoms in total. The van der Waals surface area contributed by atoms with Crippen molar-refractivity contribution in [2.45, 2.75) is 31.8 Å². The number of thiol groups is 1. The largest absolute Gasteiger partial charge is 0.380 e. The first-order valence-electron chi connectivity index (χ1n) is 13.2. The number of rotatable bonds is 11. The number of aliphatic hydroxyl groups is 1. The van der Waals surface area contributed by atoms with Gasteiger partial charge in [0.05, 0.1) is 13.2 Å². The molecule has 190 valence electrons. The third-order valence-electron chi connectivity index (χ3n) is 9.13. The average Bonchev–Trinajstić information content (AvgIpc) is 2.90. The third-order valence-corrected chi connectivity index (χ3v) is 15.6. The molecule has 0 amide bonds. The summed E-state index contributed by atoms with van der Waals surface area (Å²) in [5.41, 5.74) is 1.05. The number of hydrogen-bond acceptors (Lipinski definition) is 2. The van der Waals surface area contributed by atoms with Crippen molar-refractivity contribution in [3.63, 3.8) is 0 Å². The fraction of sp³-hybridized carbons (Fsp3) is 0.438. The molecule has 0 spiro atoms. The van der Waals surface area contributed by atoms with Crippen LogP contribution in [0.1, 0.15) is 37.3 Å². The Labute approximate surface area is 213 Å². The average molecular weight is 493 g/mol. The molecule has 0 radical (unpaired) electrons. The van der Waals surface area contributed by atoms with Crippen molar-refractivity contribution in [1.82, 2.24) is 0 Å². The van der Waals surface area contributed by atoms with E-state index in [1.54, 1.807) is 6.08 Å². The van der Waals surface area contributed by atoms with Gasteiger partial charge in [0.1, 0.15) is 5.60 Å². The molecule has 3 aliphatic heterocycles. The predicted octanol–water partition coefficient (Wildman–Crippen LogP) is 6.76. The second-order valence-electron chi connectivity index (χ2n) is 11.5. The standard InChI is InChI=1S/C32H44O2S/c1-4-5-6-9-14-28(2)27-34-22-26-35(3)23-19-31(20-24-35,21-25-35)32(33,29-15-10-7-11-16-29)30-17-12-8-13-18-30/h4-18,28,33,35H,1,19-27H2,2-3H3/b6-5-,14-9-. The summed E-state index contributed by atoms with van der Waals surface area (Å²) in [6.07, 6.45) is 16.0. The second-order valence-corrected chi connectivity index (χ2v) is 18.5. The first-order chi connectivity index (χ1) is 16.8. The molecule has 2 aromatic rings. The van der Waals surface area contributed by atoms with Gasteiger partial charge in [-0.15, -0.1) is 0 Å². The Morgan fingerprint density at radius 2 is 1.49 bits per heavy atom. The van der Waals surface area contributed by atoms with Crippen LogP contribution in [0, 0.1) is 11.3 Å². The van der Waals surface area contributed by atoms with Gasteiger partial charge in [-0.3, -0.25) is 9.16 Å². The van der Waals surface area contributed by atoms with Gasteiger partial charge in [-0.05, 0) is 65.6 Å². The van der Waals surface area contributed by atoms with E-state index in [2.05, 4.69) is 80.4 Å². The third kappa shape index (κ3) is 5.23. The molecule has 3 fully saturated rings. The van der Waals surface area contributed by atoms with E-state index in [4.69, 9.17) is 4.74 Å². The monoisotopic (exact) mass is 492 g/mol. The van der Waals surface area contributed by atoms with Gasteiger partial charge in [-0.25, -0.2) is 0 Å². The number of fused-ring (bicyclic) bond motifs is 3. The van der Waals surface area contributed by atoms with Crippen molar-refractivity contribution >= 4 is 9.16 Å². The van der Waals surface area contributed by atoms with Crippen molar-refractivity contribution in [2.75, 3.05) is 42.5 Å². The van der Waals surface area contributed by atoms with Gasteiger partial charge in [0, 0.05) is 5.41 Å². The Kier molecular flexibility index (Phi) is 7.80. The predicted molar refractivity (Wildman–Crippen MR) is 155 cm³/mol. The molecule has 0 saturated carbocycles. The summed E-state index contributed by atoms with van der Waals surface area (Å²) in [6, 6.07) is 20.8. The lowest BCUT2D eigenvalue weighted by molar-refractivity contribution is -0.0704. The van der Waals surface area contributed by atoms with Crippen LogP contribution in [-0.4, -0.2) is 47.6 Å². The van der Waals surface area contributed by atoms with Crippen molar-refractivity contribution in [2.24, 2.45) is 11.3 Å². The normalized spacial score (nSPS) is 25.3. The molecule has 1 atom stereocenters. The highest BCUT2D eigenvalue weighted by Gasteiger charge is 2.60. The molecule has 3 aliphatic rings. The molecule has 2 aromatic carbocycles. The van der Waals surface area contributed by atoms with Crippen LogP contribution >= 0.6 is 9.16 Å². The van der Waals surface area contributed by atoms with Gasteiger partial charge in [-0.2, -0.15) is 0 Å². The van der Waals surface area contributed by atoms with Gasteiger partial charge < -0.3 is 9.84 Å². The lowest BCUT2D eigenvalue weighted by Gasteiger charge is -2.71. The van der Waals surface area contributed by atoms with Gasteiger partial charge in [0.25, 0.3) is 0 Å². The van der Waals surface area contributed by atoms with E-state index in [0.717, 1.165) is 43.6 Å². The molecule has 1 N–H and O–H groups in total. The van der Waals surface area contributed by atoms with Crippen LogP contribution in [0.5, 0.6) is 0 Å². The SMILES string of the molecule is C=C/C=C\C=C/C(C)COCC[SH]12(C)CCC(C(O)(c3ccccc3)c3ccccc3)(CC1)CC2. The van der Waals surface area contributed by atoms with Crippen LogP contribution in [0.4, 0.5) is 0 Å². The van der Waals surface area contributed by atoms with Gasteiger partial charge in [0.2, 0.25) is 0 Å². The summed E-state index contributed by atoms with van der Waals surface area (Å²) in [5, 5.41) is 12.6. The van der Waals surface area contributed by atoms with E-state index in [9.17, 15) is 5.11 Å². The Hall–Kier alpha value is -2.07. The van der Waals surface area contributed by atoms with Crippen LogP contribution < -0.4 is 0 Å². The van der Waals surface area contributed by atoms with E-state index in [1.165, 1.54) is 23.0 Å². The summed E-state index contributed by atoms with van der Waals surface area (Å²) < 4.78 is 6.18. The maximum atomic E-state index is 12.6. The number of benzene rings is 2. The molecular formula is C32H44O2S. The fourth-order valence-corrected chi connectivity index (χ4v) is 11.9. The molecule has 35 heavy (non-hydrogen) atoms. The van der Waals surface area contributed by atoms with Crippen molar-refractivity contribution in [3.8, 4) is 0 Å². The summed E-state index contributed by atoms with van der Waals surface area (Å²) in [7, 11) is -1.79. The number of ether oxygens (including phenoxy) is 1. The quantitative estimate of drug-likeness (QED) is 0.206. The highest BCUT2D eigenvalue weighted by atomic mass is 32.3. The molecule has 3 heteroatoms. The maximum Gasteiger partial charge on any atom is 0.120 e. The van der Waals surface area contributed by atoms with Crippen LogP contribution in [-0.2, 0) is 10.3 Å². The number of allylic oxidation sites excluding steroid dienone is 4. The van der Waals surface area contributed by atoms with Gasteiger partial charge >= 0.3 is 0 Å². The molecule has 3 saturated heterocycles. The Bertz CT molecular complexity index is 973. The minimum Gasteiger partial charge on any atom is -0.380 e. The Morgan fingerprint density at radius 1 is 0.943 bits per heavy atom. The Balaban J connectivity index is 1.45. The van der Waals surface area contributed by atoms with Crippen LogP contribution in [0.25, 0.3) is 0 Å². The molecule has 2 bridgehead atoms. The summed E-state index contributed by atoms with van der Waals surface area (Å²) in [6.45, 7) is 7.55. The van der Waals surface area contributed by atoms with E-state index in [1.807, 2.05) is 24.3 Å². The Morgan fingerprint density at radius 3 is 2.00 bits per heavy atom. The fourth-order valence-electron chi connectivity index (χ4n) is 6.49. The van der Waals surface area contributed by atoms with Crippen LogP contribution in [0.3, 0.4) is 0 Å². The summed E-state index contributed by atoms with van der Waals surface area (Å²) in [4.78, 5) is 0.